The molecule has 0 atom stereocenters. The minimum Gasteiger partial charge on any atom is -0.376 e. The Morgan fingerprint density at radius 3 is 2.62 bits per heavy atom. The molecule has 108 valence electrons. The van der Waals surface area contributed by atoms with E-state index in [-0.39, 0.29) is 18.3 Å². The van der Waals surface area contributed by atoms with Crippen molar-refractivity contribution in [2.24, 2.45) is 5.10 Å². The minimum atomic E-state index is -0.334. The summed E-state index contributed by atoms with van der Waals surface area (Å²) < 4.78 is 13.1. The fourth-order valence-corrected chi connectivity index (χ4v) is 1.70. The van der Waals surface area contributed by atoms with E-state index in [1.54, 1.807) is 19.1 Å². The molecule has 0 aromatic heterocycles. The summed E-state index contributed by atoms with van der Waals surface area (Å²) in [4.78, 5) is 11.7. The van der Waals surface area contributed by atoms with Gasteiger partial charge in [0.05, 0.1) is 12.3 Å². The normalized spacial score (nSPS) is 11.0. The Morgan fingerprint density at radius 2 is 1.90 bits per heavy atom. The Kier molecular flexibility index (Phi) is 5.04. The minimum absolute atomic E-state index is 0.115. The fourth-order valence-electron chi connectivity index (χ4n) is 1.70. The summed E-state index contributed by atoms with van der Waals surface area (Å²) in [6.07, 6.45) is 0. The molecular formula is C16H16FN3O. The fraction of sp³-hybridized carbons (Fsp3) is 0.125. The van der Waals surface area contributed by atoms with E-state index in [0.29, 0.717) is 11.3 Å². The first-order chi connectivity index (χ1) is 10.1. The van der Waals surface area contributed by atoms with Crippen LogP contribution >= 0.6 is 0 Å². The molecule has 4 nitrogen and oxygen atoms in total. The Bertz CT molecular complexity index is 641. The molecule has 21 heavy (non-hydrogen) atoms. The van der Waals surface area contributed by atoms with Gasteiger partial charge in [-0.05, 0) is 31.2 Å². The first-order valence-electron chi connectivity index (χ1n) is 6.53. The highest BCUT2D eigenvalue weighted by Crippen LogP contribution is 2.05. The van der Waals surface area contributed by atoms with Gasteiger partial charge >= 0.3 is 0 Å². The third-order valence-electron chi connectivity index (χ3n) is 2.82. The van der Waals surface area contributed by atoms with E-state index in [0.717, 1.165) is 5.69 Å². The highest BCUT2D eigenvalue weighted by Gasteiger charge is 2.02. The lowest BCUT2D eigenvalue weighted by atomic mass is 10.1. The van der Waals surface area contributed by atoms with Crippen LogP contribution in [-0.4, -0.2) is 18.2 Å². The highest BCUT2D eigenvalue weighted by molar-refractivity contribution is 5.99. The summed E-state index contributed by atoms with van der Waals surface area (Å²) in [6, 6.07) is 15.5. The van der Waals surface area contributed by atoms with E-state index >= 15 is 0 Å². The van der Waals surface area contributed by atoms with Gasteiger partial charge in [-0.1, -0.05) is 30.3 Å². The number of hydrazone groups is 1. The molecule has 2 N–H and O–H groups in total. The zero-order chi connectivity index (χ0) is 15.1. The standard InChI is InChI=1S/C16H16FN3O/c1-12(13-6-5-7-14(17)10-13)19-20-16(21)11-18-15-8-3-2-4-9-15/h2-10,18H,11H2,1H3,(H,20,21)/b19-12+. The van der Waals surface area contributed by atoms with Crippen LogP contribution in [0.1, 0.15) is 12.5 Å². The Balaban J connectivity index is 1.87. The summed E-state index contributed by atoms with van der Waals surface area (Å²) in [6.45, 7) is 1.82. The molecule has 0 aliphatic rings. The Morgan fingerprint density at radius 1 is 1.14 bits per heavy atom. The van der Waals surface area contributed by atoms with Crippen LogP contribution in [0, 0.1) is 5.82 Å². The first-order valence-corrected chi connectivity index (χ1v) is 6.53. The van der Waals surface area contributed by atoms with Crippen molar-refractivity contribution in [3.63, 3.8) is 0 Å². The summed E-state index contributed by atoms with van der Waals surface area (Å²) in [5.74, 6) is -0.603. The van der Waals surface area contributed by atoms with Crippen LogP contribution in [0.2, 0.25) is 0 Å². The van der Waals surface area contributed by atoms with E-state index in [4.69, 9.17) is 0 Å². The zero-order valence-corrected chi connectivity index (χ0v) is 11.6. The van der Waals surface area contributed by atoms with E-state index in [1.807, 2.05) is 30.3 Å². The monoisotopic (exact) mass is 285 g/mol. The molecule has 5 heteroatoms. The number of halogens is 1. The van der Waals surface area contributed by atoms with Gasteiger partial charge in [0, 0.05) is 11.3 Å². The van der Waals surface area contributed by atoms with Crippen LogP contribution in [0.15, 0.2) is 59.7 Å². The van der Waals surface area contributed by atoms with Crippen LogP contribution in [0.25, 0.3) is 0 Å². The number of nitrogens with one attached hydrogen (secondary N) is 2. The van der Waals surface area contributed by atoms with Gasteiger partial charge in [-0.25, -0.2) is 9.82 Å². The van der Waals surface area contributed by atoms with Crippen molar-refractivity contribution in [1.29, 1.82) is 0 Å². The molecule has 0 heterocycles. The van der Waals surface area contributed by atoms with Gasteiger partial charge in [-0.2, -0.15) is 5.10 Å². The molecule has 0 unspecified atom stereocenters. The molecule has 2 rings (SSSR count). The number of amides is 1. The summed E-state index contributed by atoms with van der Waals surface area (Å²) >= 11 is 0. The second-order valence-corrected chi connectivity index (χ2v) is 4.46. The van der Waals surface area contributed by atoms with Gasteiger partial charge in [0.15, 0.2) is 0 Å². The quantitative estimate of drug-likeness (QED) is 0.655. The maximum Gasteiger partial charge on any atom is 0.259 e. The number of carbonyl (C=O) groups excluding carboxylic acids is 1. The molecule has 1 amide bonds. The van der Waals surface area contributed by atoms with Crippen molar-refractivity contribution in [1.82, 2.24) is 5.43 Å². The second kappa shape index (κ2) is 7.19. The smallest absolute Gasteiger partial charge is 0.259 e. The molecule has 0 bridgehead atoms. The molecular weight excluding hydrogens is 269 g/mol. The van der Waals surface area contributed by atoms with Gasteiger partial charge in [0.1, 0.15) is 5.82 Å². The Labute approximate surface area is 122 Å². The van der Waals surface area contributed by atoms with Crippen LogP contribution in [0.3, 0.4) is 0 Å². The topological polar surface area (TPSA) is 53.5 Å². The maximum atomic E-state index is 13.1. The highest BCUT2D eigenvalue weighted by atomic mass is 19.1. The largest absolute Gasteiger partial charge is 0.376 e. The van der Waals surface area contributed by atoms with Gasteiger partial charge < -0.3 is 5.32 Å². The lowest BCUT2D eigenvalue weighted by molar-refractivity contribution is -0.119. The number of nitrogens with zero attached hydrogens (tertiary/aromatic N) is 1. The second-order valence-electron chi connectivity index (χ2n) is 4.46. The molecule has 0 saturated heterocycles. The molecule has 2 aromatic carbocycles. The van der Waals surface area contributed by atoms with Gasteiger partial charge in [0.2, 0.25) is 0 Å². The lowest BCUT2D eigenvalue weighted by Crippen LogP contribution is -2.26. The van der Waals surface area contributed by atoms with Gasteiger partial charge in [0.25, 0.3) is 5.91 Å². The van der Waals surface area contributed by atoms with Crippen molar-refractivity contribution < 1.29 is 9.18 Å². The summed E-state index contributed by atoms with van der Waals surface area (Å²) in [5.41, 5.74) is 4.47. The predicted octanol–water partition coefficient (Wildman–Crippen LogP) is 2.78. The van der Waals surface area contributed by atoms with Crippen LogP contribution in [-0.2, 0) is 4.79 Å². The molecule has 0 spiro atoms. The molecule has 0 aliphatic heterocycles. The molecule has 0 fully saturated rings. The van der Waals surface area contributed by atoms with Crippen molar-refractivity contribution in [2.75, 3.05) is 11.9 Å². The number of hydrogen-bond acceptors (Lipinski definition) is 3. The van der Waals surface area contributed by atoms with Gasteiger partial charge in [-0.15, -0.1) is 0 Å². The summed E-state index contributed by atoms with van der Waals surface area (Å²) in [7, 11) is 0. The van der Waals surface area contributed by atoms with Crippen molar-refractivity contribution in [3.8, 4) is 0 Å². The van der Waals surface area contributed by atoms with Crippen LogP contribution in [0.4, 0.5) is 10.1 Å². The molecule has 0 aliphatic carbocycles. The predicted molar refractivity (Wildman–Crippen MR) is 81.7 cm³/mol. The van der Waals surface area contributed by atoms with Crippen molar-refractivity contribution in [2.45, 2.75) is 6.92 Å². The average Bonchev–Trinajstić information content (AvgIpc) is 2.51. The van der Waals surface area contributed by atoms with E-state index in [1.165, 1.54) is 12.1 Å². The maximum absolute atomic E-state index is 13.1. The average molecular weight is 285 g/mol. The lowest BCUT2D eigenvalue weighted by Gasteiger charge is -2.06. The third-order valence-corrected chi connectivity index (χ3v) is 2.82. The SMILES string of the molecule is C/C(=N\NC(=O)CNc1ccccc1)c1cccc(F)c1. The summed E-state index contributed by atoms with van der Waals surface area (Å²) in [5, 5.41) is 6.93. The van der Waals surface area contributed by atoms with E-state index in [9.17, 15) is 9.18 Å². The molecule has 2 aromatic rings. The number of carbonyl (C=O) groups is 1. The Hall–Kier alpha value is -2.69. The number of benzene rings is 2. The van der Waals surface area contributed by atoms with E-state index < -0.39 is 0 Å². The van der Waals surface area contributed by atoms with Crippen LogP contribution in [0.5, 0.6) is 0 Å². The molecule has 0 radical (unpaired) electrons. The number of hydrogen-bond donors (Lipinski definition) is 2. The number of para-hydroxylation sites is 1. The number of anilines is 1. The van der Waals surface area contributed by atoms with Crippen molar-refractivity contribution in [3.05, 3.63) is 66.0 Å². The number of rotatable bonds is 5. The van der Waals surface area contributed by atoms with Gasteiger partial charge in [-0.3, -0.25) is 4.79 Å². The van der Waals surface area contributed by atoms with Crippen molar-refractivity contribution >= 4 is 17.3 Å². The zero-order valence-electron chi connectivity index (χ0n) is 11.6. The van der Waals surface area contributed by atoms with Crippen LogP contribution < -0.4 is 10.7 Å². The van der Waals surface area contributed by atoms with E-state index in [2.05, 4.69) is 15.8 Å². The molecule has 0 saturated carbocycles. The first kappa shape index (κ1) is 14.7. The third kappa shape index (κ3) is 4.72.